The zero-order valence-corrected chi connectivity index (χ0v) is 22.1. The van der Waals surface area contributed by atoms with Crippen LogP contribution in [-0.4, -0.2) is 82.4 Å². The Bertz CT molecular complexity index is 1240. The lowest BCUT2D eigenvalue weighted by atomic mass is 10.3. The molecule has 1 saturated carbocycles. The standard InChI is InChI=1S/C26H33N9OS/c1-18-13-23(31-30-18)29-25-17-34(37-22-7-5-20(6-8-22)28-26(36)19-3-4-19)16-24-27-21(15-35(24)25)14-33-11-9-32(2)10-12-33/h5-8,13,15,17,19H,3-4,9-12,14,16H2,1-2H3,(H,28,36)(H2,29,30,31)/p+1. The number of carbonyl (C=O) groups excluding carboxylic acids is 1. The van der Waals surface area contributed by atoms with Crippen LogP contribution in [0.5, 0.6) is 0 Å². The average molecular weight is 521 g/mol. The number of nitrogens with one attached hydrogen (secondary N) is 4. The van der Waals surface area contributed by atoms with E-state index in [1.807, 2.05) is 25.1 Å². The second-order valence-corrected chi connectivity index (χ2v) is 11.4. The number of nitrogens with zero attached hydrogens (tertiary/aromatic N) is 5. The first-order valence-corrected chi connectivity index (χ1v) is 13.7. The summed E-state index contributed by atoms with van der Waals surface area (Å²) in [5.41, 5.74) is 2.97. The number of carbonyl (C=O) groups is 1. The van der Waals surface area contributed by atoms with Gasteiger partial charge in [-0.3, -0.25) is 24.4 Å². The van der Waals surface area contributed by atoms with E-state index in [-0.39, 0.29) is 11.8 Å². The Kier molecular flexibility index (Phi) is 6.76. The van der Waals surface area contributed by atoms with E-state index in [0.717, 1.165) is 89.9 Å². The lowest BCUT2D eigenvalue weighted by Gasteiger charge is -2.31. The molecular weight excluding hydrogens is 486 g/mol. The Balaban J connectivity index is 1.16. The third kappa shape index (κ3) is 5.90. The van der Waals surface area contributed by atoms with E-state index in [1.165, 1.54) is 0 Å². The van der Waals surface area contributed by atoms with Gasteiger partial charge in [-0.25, -0.2) is 4.90 Å². The number of hydrogen-bond acceptors (Lipinski definition) is 8. The molecule has 0 bridgehead atoms. The van der Waals surface area contributed by atoms with E-state index in [4.69, 9.17) is 4.99 Å². The second kappa shape index (κ2) is 10.3. The minimum Gasteiger partial charge on any atom is -0.326 e. The highest BCUT2D eigenvalue weighted by Crippen LogP contribution is 2.31. The van der Waals surface area contributed by atoms with Crippen LogP contribution in [0.25, 0.3) is 0 Å². The van der Waals surface area contributed by atoms with Crippen LogP contribution < -0.4 is 15.5 Å². The van der Waals surface area contributed by atoms with Gasteiger partial charge in [-0.15, -0.1) is 0 Å². The van der Waals surface area contributed by atoms with Gasteiger partial charge >= 0.3 is 0 Å². The monoisotopic (exact) mass is 520 g/mol. The smallest absolute Gasteiger partial charge is 0.233 e. The molecule has 2 aromatic rings. The zero-order valence-electron chi connectivity index (χ0n) is 21.3. The number of benzene rings is 1. The van der Waals surface area contributed by atoms with Crippen molar-refractivity contribution in [1.82, 2.24) is 24.3 Å². The summed E-state index contributed by atoms with van der Waals surface area (Å²) in [6.07, 6.45) is 6.38. The summed E-state index contributed by atoms with van der Waals surface area (Å²) in [4.78, 5) is 24.2. The first-order chi connectivity index (χ1) is 18.0. The summed E-state index contributed by atoms with van der Waals surface area (Å²) in [6.45, 7) is 7.92. The normalized spacial score (nSPS) is 22.3. The number of fused-ring (bicyclic) bond motifs is 1. The fourth-order valence-electron chi connectivity index (χ4n) is 4.70. The molecule has 0 spiro atoms. The molecular formula is C26H34N9OS+. The molecule has 0 radical (unpaired) electrons. The Morgan fingerprint density at radius 1 is 1.19 bits per heavy atom. The van der Waals surface area contributed by atoms with Crippen molar-refractivity contribution in [3.05, 3.63) is 59.9 Å². The van der Waals surface area contributed by atoms with Crippen LogP contribution in [0.1, 0.15) is 18.5 Å². The molecule has 10 nitrogen and oxygen atoms in total. The van der Waals surface area contributed by atoms with Crippen molar-refractivity contribution in [1.29, 1.82) is 0 Å². The van der Waals surface area contributed by atoms with Gasteiger partial charge in [0.15, 0.2) is 5.82 Å². The number of piperazine rings is 1. The fraction of sp³-hybridized carbons (Fsp3) is 0.423. The number of likely N-dealkylation sites (N-methyl/N-ethyl adjacent to an activating group) is 1. The zero-order chi connectivity index (χ0) is 25.4. The molecule has 11 heteroatoms. The first-order valence-electron chi connectivity index (χ1n) is 12.9. The largest absolute Gasteiger partial charge is 0.326 e. The molecule has 4 heterocycles. The number of quaternary nitrogens is 1. The van der Waals surface area contributed by atoms with Crippen molar-refractivity contribution in [3.63, 3.8) is 0 Å². The molecule has 1 amide bonds. The molecule has 1 saturated heterocycles. The van der Waals surface area contributed by atoms with Gasteiger partial charge in [0.25, 0.3) is 0 Å². The van der Waals surface area contributed by atoms with Gasteiger partial charge in [-0.2, -0.15) is 10.1 Å². The number of amides is 1. The SMILES string of the molecule is Cc1cc(NC2=CN(Sc3ccc(NC(=O)C4CC4)cc3)CC3=NC(CN4CCN(C)CC4)=C[NH+]23)n[nH]1. The Labute approximate surface area is 221 Å². The highest BCUT2D eigenvalue weighted by atomic mass is 32.2. The molecule has 1 aromatic carbocycles. The van der Waals surface area contributed by atoms with Crippen LogP contribution in [0.15, 0.2) is 64.1 Å². The third-order valence-corrected chi connectivity index (χ3v) is 7.96. The van der Waals surface area contributed by atoms with Crippen LogP contribution in [0.2, 0.25) is 0 Å². The van der Waals surface area contributed by atoms with Crippen LogP contribution in [0.3, 0.4) is 0 Å². The van der Waals surface area contributed by atoms with Crippen molar-refractivity contribution >= 4 is 35.2 Å². The Morgan fingerprint density at radius 2 is 1.97 bits per heavy atom. The number of rotatable bonds is 8. The van der Waals surface area contributed by atoms with Crippen LogP contribution >= 0.6 is 11.9 Å². The summed E-state index contributed by atoms with van der Waals surface area (Å²) < 4.78 is 2.20. The molecule has 1 unspecified atom stereocenters. The van der Waals surface area contributed by atoms with E-state index < -0.39 is 0 Å². The Hall–Kier alpha value is -3.12. The predicted octanol–water partition coefficient (Wildman–Crippen LogP) is 1.69. The molecule has 194 valence electrons. The average Bonchev–Trinajstić information content (AvgIpc) is 3.54. The molecule has 37 heavy (non-hydrogen) atoms. The van der Waals surface area contributed by atoms with Crippen molar-refractivity contribution < 1.29 is 9.69 Å². The highest BCUT2D eigenvalue weighted by Gasteiger charge is 2.35. The van der Waals surface area contributed by atoms with Gasteiger partial charge in [-0.1, -0.05) is 0 Å². The van der Waals surface area contributed by atoms with Crippen molar-refractivity contribution in [2.45, 2.75) is 24.7 Å². The predicted molar refractivity (Wildman–Crippen MR) is 146 cm³/mol. The van der Waals surface area contributed by atoms with E-state index in [1.54, 1.807) is 11.9 Å². The van der Waals surface area contributed by atoms with Crippen LogP contribution in [-0.2, 0) is 4.79 Å². The number of aromatic nitrogens is 2. The molecule has 2 fully saturated rings. The number of hydrogen-bond donors (Lipinski definition) is 4. The quantitative estimate of drug-likeness (QED) is 0.394. The fourth-order valence-corrected chi connectivity index (χ4v) is 5.57. The maximum atomic E-state index is 12.1. The van der Waals surface area contributed by atoms with Gasteiger partial charge in [-0.05, 0) is 63.0 Å². The van der Waals surface area contributed by atoms with E-state index >= 15 is 0 Å². The maximum absolute atomic E-state index is 12.1. The number of H-pyrrole nitrogens is 1. The summed E-state index contributed by atoms with van der Waals surface area (Å²) in [7, 11) is 2.18. The van der Waals surface area contributed by atoms with Crippen molar-refractivity contribution in [2.24, 2.45) is 10.9 Å². The summed E-state index contributed by atoms with van der Waals surface area (Å²) in [5, 5.41) is 13.9. The second-order valence-electron chi connectivity index (χ2n) is 10.2. The van der Waals surface area contributed by atoms with E-state index in [9.17, 15) is 4.79 Å². The molecule has 1 aliphatic carbocycles. The lowest BCUT2D eigenvalue weighted by molar-refractivity contribution is -0.700. The van der Waals surface area contributed by atoms with E-state index in [0.29, 0.717) is 6.54 Å². The first kappa shape index (κ1) is 24.2. The van der Waals surface area contributed by atoms with Crippen LogP contribution in [0, 0.1) is 12.8 Å². The van der Waals surface area contributed by atoms with Crippen LogP contribution in [0.4, 0.5) is 11.5 Å². The molecule has 1 atom stereocenters. The lowest BCUT2D eigenvalue weighted by Crippen LogP contribution is -3.10. The van der Waals surface area contributed by atoms with Crippen molar-refractivity contribution in [3.8, 4) is 0 Å². The van der Waals surface area contributed by atoms with Crippen molar-refractivity contribution in [2.75, 3.05) is 56.9 Å². The minimum atomic E-state index is 0.130. The molecule has 3 aliphatic heterocycles. The minimum absolute atomic E-state index is 0.130. The number of aryl methyl sites for hydroxylation is 1. The summed E-state index contributed by atoms with van der Waals surface area (Å²) >= 11 is 1.66. The molecule has 6 rings (SSSR count). The van der Waals surface area contributed by atoms with Gasteiger partial charge in [0.1, 0.15) is 18.4 Å². The number of aliphatic imine (C=N–C) groups is 1. The molecule has 4 N–H and O–H groups in total. The maximum Gasteiger partial charge on any atom is 0.233 e. The third-order valence-electron chi connectivity index (χ3n) is 7.01. The topological polar surface area (TPSA) is 96.3 Å². The van der Waals surface area contributed by atoms with Gasteiger partial charge < -0.3 is 10.2 Å². The number of amidine groups is 1. The molecule has 4 aliphatic rings. The van der Waals surface area contributed by atoms with Gasteiger partial charge in [0.05, 0.1) is 6.20 Å². The Morgan fingerprint density at radius 3 is 2.68 bits per heavy atom. The molecule has 1 aromatic heterocycles. The summed E-state index contributed by atoms with van der Waals surface area (Å²) in [5.74, 6) is 3.18. The van der Waals surface area contributed by atoms with E-state index in [2.05, 4.69) is 66.5 Å². The highest BCUT2D eigenvalue weighted by molar-refractivity contribution is 7.97. The number of aromatic amines is 1. The number of anilines is 2. The van der Waals surface area contributed by atoms with Gasteiger partial charge in [0, 0.05) is 61.0 Å². The summed E-state index contributed by atoms with van der Waals surface area (Å²) in [6, 6.07) is 10.1. The van der Waals surface area contributed by atoms with Gasteiger partial charge in [0.2, 0.25) is 17.6 Å².